The molecular formula is C18H28O5S. The second kappa shape index (κ2) is 11.1. The minimum absolute atomic E-state index is 0.0721. The zero-order valence-corrected chi connectivity index (χ0v) is 15.2. The van der Waals surface area contributed by atoms with E-state index in [2.05, 4.69) is 11.1 Å². The van der Waals surface area contributed by atoms with Crippen LogP contribution >= 0.6 is 0 Å². The Labute approximate surface area is 145 Å². The lowest BCUT2D eigenvalue weighted by Crippen LogP contribution is -2.13. The van der Waals surface area contributed by atoms with E-state index in [1.165, 1.54) is 56.4 Å². The van der Waals surface area contributed by atoms with Crippen molar-refractivity contribution in [1.82, 2.24) is 0 Å². The Hall–Kier alpha value is -1.56. The number of hydrogen-bond acceptors (Lipinski definition) is 5. The number of para-hydroxylation sites is 1. The van der Waals surface area contributed by atoms with Gasteiger partial charge in [0.2, 0.25) is 0 Å². The fourth-order valence-corrected chi connectivity index (χ4v) is 3.44. The van der Waals surface area contributed by atoms with Gasteiger partial charge in [-0.2, -0.15) is 8.42 Å². The molecule has 6 heteroatoms. The first-order chi connectivity index (χ1) is 11.5. The topological polar surface area (TPSA) is 80.7 Å². The fourth-order valence-electron chi connectivity index (χ4n) is 2.46. The molecule has 1 aromatic carbocycles. The van der Waals surface area contributed by atoms with Crippen LogP contribution in [0.4, 0.5) is 0 Å². The van der Waals surface area contributed by atoms with Gasteiger partial charge in [0.15, 0.2) is 0 Å². The van der Waals surface area contributed by atoms with E-state index >= 15 is 0 Å². The van der Waals surface area contributed by atoms with Gasteiger partial charge in [0.05, 0.1) is 0 Å². The molecular weight excluding hydrogens is 328 g/mol. The maximum Gasteiger partial charge on any atom is 0.345 e. The highest BCUT2D eigenvalue weighted by Crippen LogP contribution is 2.23. The van der Waals surface area contributed by atoms with Crippen LogP contribution in [0.3, 0.4) is 0 Å². The van der Waals surface area contributed by atoms with Gasteiger partial charge < -0.3 is 9.29 Å². The normalized spacial score (nSPS) is 11.4. The Morgan fingerprint density at radius 2 is 1.50 bits per heavy atom. The first kappa shape index (κ1) is 20.5. The van der Waals surface area contributed by atoms with Crippen molar-refractivity contribution >= 4 is 16.1 Å². The van der Waals surface area contributed by atoms with Crippen molar-refractivity contribution in [2.45, 2.75) is 76.0 Å². The molecule has 0 aliphatic heterocycles. The molecule has 0 unspecified atom stereocenters. The van der Waals surface area contributed by atoms with E-state index in [0.717, 1.165) is 19.3 Å². The van der Waals surface area contributed by atoms with Crippen LogP contribution in [0.25, 0.3) is 0 Å². The molecule has 0 spiro atoms. The third-order valence-corrected chi connectivity index (χ3v) is 5.11. The van der Waals surface area contributed by atoms with Gasteiger partial charge in [-0.05, 0) is 18.6 Å². The molecule has 0 radical (unpaired) electrons. The van der Waals surface area contributed by atoms with E-state index < -0.39 is 21.8 Å². The second-order valence-corrected chi connectivity index (χ2v) is 7.47. The van der Waals surface area contributed by atoms with E-state index in [1.807, 2.05) is 0 Å². The Balaban J connectivity index is 2.21. The molecule has 1 N–H and O–H groups in total. The van der Waals surface area contributed by atoms with Crippen molar-refractivity contribution in [2.24, 2.45) is 0 Å². The summed E-state index contributed by atoms with van der Waals surface area (Å²) in [5, 5.41) is 9.54. The summed E-state index contributed by atoms with van der Waals surface area (Å²) in [7, 11) is -4.25. The number of rotatable bonds is 12. The Morgan fingerprint density at radius 1 is 0.958 bits per heavy atom. The molecule has 0 bridgehead atoms. The van der Waals surface area contributed by atoms with E-state index in [1.54, 1.807) is 0 Å². The molecule has 5 nitrogen and oxygen atoms in total. The van der Waals surface area contributed by atoms with Crippen molar-refractivity contribution in [2.75, 3.05) is 0 Å². The number of phenols is 1. The molecule has 0 aliphatic carbocycles. The van der Waals surface area contributed by atoms with E-state index in [4.69, 9.17) is 0 Å². The maximum atomic E-state index is 11.9. The van der Waals surface area contributed by atoms with Crippen LogP contribution in [0.2, 0.25) is 0 Å². The zero-order valence-electron chi connectivity index (χ0n) is 14.4. The number of phenolic OH excluding ortho intramolecular Hbond substituents is 1. The lowest BCUT2D eigenvalue weighted by Gasteiger charge is -2.07. The first-order valence-corrected chi connectivity index (χ1v) is 10.1. The predicted octanol–water partition coefficient (Wildman–Crippen LogP) is 4.55. The molecule has 0 aliphatic rings. The summed E-state index contributed by atoms with van der Waals surface area (Å²) in [6, 6.07) is 5.40. The van der Waals surface area contributed by atoms with E-state index in [9.17, 15) is 18.3 Å². The largest absolute Gasteiger partial charge is 0.506 e. The second-order valence-electron chi connectivity index (χ2n) is 5.96. The highest BCUT2D eigenvalue weighted by molar-refractivity contribution is 7.87. The standard InChI is InChI=1S/C18H28O5S/c1-2-3-4-5-6-7-8-9-10-15-18(20)23-24(21,22)17-14-12-11-13-16(17)19/h11-14,19H,2-10,15H2,1H3. The monoisotopic (exact) mass is 356 g/mol. The summed E-state index contributed by atoms with van der Waals surface area (Å²) in [4.78, 5) is 11.3. The number of unbranched alkanes of at least 4 members (excludes halogenated alkanes) is 8. The zero-order chi connectivity index (χ0) is 17.8. The van der Waals surface area contributed by atoms with Gasteiger partial charge in [0.25, 0.3) is 0 Å². The fraction of sp³-hybridized carbons (Fsp3) is 0.611. The summed E-state index contributed by atoms with van der Waals surface area (Å²) in [5.74, 6) is -1.20. The SMILES string of the molecule is CCCCCCCCCCCC(=O)OS(=O)(=O)c1ccccc1O. The molecule has 0 fully saturated rings. The van der Waals surface area contributed by atoms with E-state index in [-0.39, 0.29) is 11.3 Å². The summed E-state index contributed by atoms with van der Waals surface area (Å²) in [6.07, 6.45) is 10.1. The average Bonchev–Trinajstić information content (AvgIpc) is 2.53. The number of carbonyl (C=O) groups is 1. The van der Waals surface area contributed by atoms with Gasteiger partial charge in [0, 0.05) is 6.42 Å². The summed E-state index contributed by atoms with van der Waals surface area (Å²) < 4.78 is 28.4. The van der Waals surface area contributed by atoms with Crippen LogP contribution in [0.15, 0.2) is 29.2 Å². The van der Waals surface area contributed by atoms with Crippen molar-refractivity contribution < 1.29 is 22.5 Å². The number of benzene rings is 1. The van der Waals surface area contributed by atoms with Crippen LogP contribution in [-0.2, 0) is 19.1 Å². The summed E-state index contributed by atoms with van der Waals surface area (Å²) in [6.45, 7) is 2.19. The third kappa shape index (κ3) is 7.81. The van der Waals surface area contributed by atoms with Gasteiger partial charge in [-0.15, -0.1) is 0 Å². The third-order valence-electron chi connectivity index (χ3n) is 3.82. The minimum atomic E-state index is -4.25. The van der Waals surface area contributed by atoms with Gasteiger partial charge >= 0.3 is 16.1 Å². The van der Waals surface area contributed by atoms with Crippen molar-refractivity contribution in [1.29, 1.82) is 0 Å². The van der Waals surface area contributed by atoms with Crippen LogP contribution in [0.5, 0.6) is 5.75 Å². The van der Waals surface area contributed by atoms with Gasteiger partial charge in [-0.25, -0.2) is 0 Å². The summed E-state index contributed by atoms with van der Waals surface area (Å²) >= 11 is 0. The molecule has 24 heavy (non-hydrogen) atoms. The van der Waals surface area contributed by atoms with Crippen LogP contribution < -0.4 is 0 Å². The Bertz CT molecular complexity index is 595. The smallest absolute Gasteiger partial charge is 0.345 e. The molecule has 0 atom stereocenters. The van der Waals surface area contributed by atoms with Crippen LogP contribution in [0.1, 0.15) is 71.1 Å². The number of aromatic hydroxyl groups is 1. The minimum Gasteiger partial charge on any atom is -0.506 e. The molecule has 1 aromatic rings. The number of hydrogen-bond donors (Lipinski definition) is 1. The highest BCUT2D eigenvalue weighted by atomic mass is 32.2. The van der Waals surface area contributed by atoms with Gasteiger partial charge in [-0.3, -0.25) is 4.79 Å². The highest BCUT2D eigenvalue weighted by Gasteiger charge is 2.22. The molecule has 0 amide bonds. The Kier molecular flexibility index (Phi) is 9.45. The predicted molar refractivity (Wildman–Crippen MR) is 93.2 cm³/mol. The quantitative estimate of drug-likeness (QED) is 0.439. The van der Waals surface area contributed by atoms with Crippen molar-refractivity contribution in [3.63, 3.8) is 0 Å². The van der Waals surface area contributed by atoms with Gasteiger partial charge in [-0.1, -0.05) is 70.4 Å². The van der Waals surface area contributed by atoms with E-state index in [0.29, 0.717) is 6.42 Å². The molecule has 0 saturated heterocycles. The molecule has 136 valence electrons. The lowest BCUT2D eigenvalue weighted by molar-refractivity contribution is -0.133. The van der Waals surface area contributed by atoms with Crippen LogP contribution in [0, 0.1) is 0 Å². The average molecular weight is 356 g/mol. The Morgan fingerprint density at radius 3 is 2.08 bits per heavy atom. The number of carbonyl (C=O) groups excluding carboxylic acids is 1. The lowest BCUT2D eigenvalue weighted by atomic mass is 10.1. The molecule has 0 aromatic heterocycles. The summed E-state index contributed by atoms with van der Waals surface area (Å²) in [5.41, 5.74) is 0. The van der Waals surface area contributed by atoms with Crippen LogP contribution in [-0.4, -0.2) is 19.5 Å². The van der Waals surface area contributed by atoms with Gasteiger partial charge in [0.1, 0.15) is 10.6 Å². The maximum absolute atomic E-state index is 11.9. The molecule has 0 heterocycles. The first-order valence-electron chi connectivity index (χ1n) is 8.72. The van der Waals surface area contributed by atoms with Crippen molar-refractivity contribution in [3.05, 3.63) is 24.3 Å². The van der Waals surface area contributed by atoms with Crippen molar-refractivity contribution in [3.8, 4) is 5.75 Å². The molecule has 0 saturated carbocycles. The molecule has 1 rings (SSSR count).